The molecule has 1 atom stereocenters. The van der Waals surface area contributed by atoms with E-state index in [1.807, 2.05) is 0 Å². The zero-order valence-electron chi connectivity index (χ0n) is 9.05. The van der Waals surface area contributed by atoms with Crippen LogP contribution in [0.4, 0.5) is 8.78 Å². The van der Waals surface area contributed by atoms with Gasteiger partial charge in [-0.1, -0.05) is 0 Å². The number of hydrogen-bond acceptors (Lipinski definition) is 2. The van der Waals surface area contributed by atoms with E-state index in [-0.39, 0.29) is 23.2 Å². The Morgan fingerprint density at radius 3 is 2.44 bits per heavy atom. The number of carbonyl (C=O) groups is 1. The Labute approximate surface area is 91.9 Å². The molecular weight excluding hydrogens is 216 g/mol. The molecule has 0 saturated carbocycles. The Hall–Kier alpha value is -1.49. The second-order valence-corrected chi connectivity index (χ2v) is 3.64. The minimum absolute atomic E-state index is 0.0931. The molecule has 0 aliphatic carbocycles. The van der Waals surface area contributed by atoms with Crippen molar-refractivity contribution in [2.45, 2.75) is 19.8 Å². The van der Waals surface area contributed by atoms with Gasteiger partial charge in [0.15, 0.2) is 0 Å². The molecule has 1 aromatic rings. The van der Waals surface area contributed by atoms with Crippen molar-refractivity contribution in [3.8, 4) is 0 Å². The van der Waals surface area contributed by atoms with E-state index in [1.165, 1.54) is 13.8 Å². The second kappa shape index (κ2) is 4.57. The Kier molecular flexibility index (Phi) is 3.59. The summed E-state index contributed by atoms with van der Waals surface area (Å²) >= 11 is 0. The molecule has 0 bridgehead atoms. The zero-order valence-corrected chi connectivity index (χ0v) is 9.05. The average Bonchev–Trinajstić information content (AvgIpc) is 2.23. The van der Waals surface area contributed by atoms with Gasteiger partial charge < -0.3 is 10.8 Å². The van der Waals surface area contributed by atoms with Crippen LogP contribution >= 0.6 is 0 Å². The first-order valence-corrected chi connectivity index (χ1v) is 4.78. The Morgan fingerprint density at radius 2 is 2.00 bits per heavy atom. The van der Waals surface area contributed by atoms with E-state index >= 15 is 0 Å². The highest BCUT2D eigenvalue weighted by Gasteiger charge is 2.23. The first-order chi connectivity index (χ1) is 7.40. The molecule has 16 heavy (non-hydrogen) atoms. The van der Waals surface area contributed by atoms with Gasteiger partial charge in [-0.3, -0.25) is 4.79 Å². The van der Waals surface area contributed by atoms with Gasteiger partial charge in [-0.15, -0.1) is 0 Å². The van der Waals surface area contributed by atoms with Crippen molar-refractivity contribution in [3.63, 3.8) is 0 Å². The SMILES string of the molecule is Cc1c(F)cc(C(CN)C(=O)O)c(C)c1F. The van der Waals surface area contributed by atoms with E-state index in [0.717, 1.165) is 6.07 Å². The summed E-state index contributed by atoms with van der Waals surface area (Å²) < 4.78 is 26.8. The predicted molar refractivity (Wildman–Crippen MR) is 55.3 cm³/mol. The summed E-state index contributed by atoms with van der Waals surface area (Å²) in [6.45, 7) is 2.53. The van der Waals surface area contributed by atoms with Gasteiger partial charge in [0.05, 0.1) is 5.92 Å². The molecule has 88 valence electrons. The first-order valence-electron chi connectivity index (χ1n) is 4.78. The smallest absolute Gasteiger partial charge is 0.312 e. The molecule has 0 aromatic heterocycles. The average molecular weight is 229 g/mol. The molecule has 0 saturated heterocycles. The number of nitrogens with two attached hydrogens (primary N) is 1. The summed E-state index contributed by atoms with van der Waals surface area (Å²) in [5.41, 5.74) is 5.41. The minimum Gasteiger partial charge on any atom is -0.481 e. The summed E-state index contributed by atoms with van der Waals surface area (Å²) in [6, 6.07) is 1.04. The molecule has 0 aliphatic rings. The second-order valence-electron chi connectivity index (χ2n) is 3.64. The first kappa shape index (κ1) is 12.6. The lowest BCUT2D eigenvalue weighted by Crippen LogP contribution is -2.22. The van der Waals surface area contributed by atoms with Crippen molar-refractivity contribution in [2.24, 2.45) is 5.73 Å². The van der Waals surface area contributed by atoms with Gasteiger partial charge in [-0.25, -0.2) is 8.78 Å². The van der Waals surface area contributed by atoms with Crippen LogP contribution in [0.15, 0.2) is 6.07 Å². The van der Waals surface area contributed by atoms with E-state index in [0.29, 0.717) is 0 Å². The molecule has 5 heteroatoms. The maximum atomic E-state index is 13.5. The van der Waals surface area contributed by atoms with E-state index in [2.05, 4.69) is 0 Å². The fourth-order valence-corrected chi connectivity index (χ4v) is 1.59. The number of carboxylic acid groups (broad SMARTS) is 1. The number of carboxylic acids is 1. The highest BCUT2D eigenvalue weighted by atomic mass is 19.1. The maximum absolute atomic E-state index is 13.5. The lowest BCUT2D eigenvalue weighted by atomic mass is 9.93. The molecule has 0 spiro atoms. The number of rotatable bonds is 3. The van der Waals surface area contributed by atoms with Crippen LogP contribution in [-0.2, 0) is 4.79 Å². The largest absolute Gasteiger partial charge is 0.481 e. The fourth-order valence-electron chi connectivity index (χ4n) is 1.59. The van der Waals surface area contributed by atoms with Crippen molar-refractivity contribution >= 4 is 5.97 Å². The van der Waals surface area contributed by atoms with Crippen molar-refractivity contribution in [1.82, 2.24) is 0 Å². The van der Waals surface area contributed by atoms with Gasteiger partial charge in [0, 0.05) is 12.1 Å². The summed E-state index contributed by atoms with van der Waals surface area (Å²) in [6.07, 6.45) is 0. The van der Waals surface area contributed by atoms with Gasteiger partial charge in [0.2, 0.25) is 0 Å². The normalized spacial score (nSPS) is 12.6. The van der Waals surface area contributed by atoms with Crippen LogP contribution in [0.5, 0.6) is 0 Å². The van der Waals surface area contributed by atoms with Crippen molar-refractivity contribution in [1.29, 1.82) is 0 Å². The van der Waals surface area contributed by atoms with Crippen LogP contribution in [-0.4, -0.2) is 17.6 Å². The molecule has 1 rings (SSSR count). The minimum atomic E-state index is -1.19. The molecule has 1 unspecified atom stereocenters. The predicted octanol–water partition coefficient (Wildman–Crippen LogP) is 1.71. The Balaban J connectivity index is 3.39. The topological polar surface area (TPSA) is 63.3 Å². The summed E-state index contributed by atoms with van der Waals surface area (Å²) in [5, 5.41) is 8.88. The third-order valence-corrected chi connectivity index (χ3v) is 2.64. The number of aliphatic carboxylic acids is 1. The molecule has 0 radical (unpaired) electrons. The molecule has 3 N–H and O–H groups in total. The van der Waals surface area contributed by atoms with Crippen LogP contribution in [0.1, 0.15) is 22.6 Å². The van der Waals surface area contributed by atoms with E-state index < -0.39 is 23.5 Å². The van der Waals surface area contributed by atoms with E-state index in [9.17, 15) is 13.6 Å². The van der Waals surface area contributed by atoms with Crippen molar-refractivity contribution in [2.75, 3.05) is 6.54 Å². The van der Waals surface area contributed by atoms with Gasteiger partial charge >= 0.3 is 5.97 Å². The summed E-state index contributed by atoms with van der Waals surface area (Å²) in [7, 11) is 0. The molecule has 0 heterocycles. The highest BCUT2D eigenvalue weighted by molar-refractivity contribution is 5.77. The van der Waals surface area contributed by atoms with Crippen molar-refractivity contribution in [3.05, 3.63) is 34.4 Å². The number of benzene rings is 1. The van der Waals surface area contributed by atoms with Crippen LogP contribution in [0.2, 0.25) is 0 Å². The monoisotopic (exact) mass is 229 g/mol. The van der Waals surface area contributed by atoms with Crippen LogP contribution < -0.4 is 5.73 Å². The lowest BCUT2D eigenvalue weighted by Gasteiger charge is -2.15. The van der Waals surface area contributed by atoms with Crippen LogP contribution in [0.25, 0.3) is 0 Å². The quantitative estimate of drug-likeness (QED) is 0.829. The highest BCUT2D eigenvalue weighted by Crippen LogP contribution is 2.25. The number of hydrogen-bond donors (Lipinski definition) is 2. The molecule has 1 aromatic carbocycles. The summed E-state index contributed by atoms with van der Waals surface area (Å²) in [5.74, 6) is -3.73. The Morgan fingerprint density at radius 1 is 1.44 bits per heavy atom. The van der Waals surface area contributed by atoms with Gasteiger partial charge in [0.25, 0.3) is 0 Å². The molecule has 0 fully saturated rings. The molecule has 0 aliphatic heterocycles. The number of halogens is 2. The molecular formula is C11H13F2NO2. The van der Waals surface area contributed by atoms with Crippen molar-refractivity contribution < 1.29 is 18.7 Å². The van der Waals surface area contributed by atoms with Crippen LogP contribution in [0.3, 0.4) is 0 Å². The van der Waals surface area contributed by atoms with Gasteiger partial charge in [-0.05, 0) is 31.0 Å². The Bertz CT molecular complexity index is 432. The van der Waals surface area contributed by atoms with Crippen LogP contribution in [0, 0.1) is 25.5 Å². The zero-order chi connectivity index (χ0) is 12.5. The molecule has 0 amide bonds. The third-order valence-electron chi connectivity index (χ3n) is 2.64. The van der Waals surface area contributed by atoms with E-state index in [4.69, 9.17) is 10.8 Å². The lowest BCUT2D eigenvalue weighted by molar-refractivity contribution is -0.138. The fraction of sp³-hybridized carbons (Fsp3) is 0.364. The molecule has 3 nitrogen and oxygen atoms in total. The van der Waals surface area contributed by atoms with Gasteiger partial charge in [0.1, 0.15) is 11.6 Å². The third kappa shape index (κ3) is 2.04. The van der Waals surface area contributed by atoms with E-state index in [1.54, 1.807) is 0 Å². The summed E-state index contributed by atoms with van der Waals surface area (Å²) in [4.78, 5) is 10.9. The standard InChI is InChI=1S/C11H13F2NO2/c1-5-7(8(4-14)11(15)16)3-9(12)6(2)10(5)13/h3,8H,4,14H2,1-2H3,(H,15,16). The maximum Gasteiger partial charge on any atom is 0.312 e. The van der Waals surface area contributed by atoms with Gasteiger partial charge in [-0.2, -0.15) is 0 Å².